The van der Waals surface area contributed by atoms with Gasteiger partial charge in [-0.1, -0.05) is 6.92 Å². The maximum atomic E-state index is 5.40. The molecule has 0 saturated carbocycles. The minimum atomic E-state index is 0.166. The number of ether oxygens (including phenoxy) is 1. The van der Waals surface area contributed by atoms with E-state index in [2.05, 4.69) is 29.0 Å². The topological polar surface area (TPSA) is 69.0 Å². The van der Waals surface area contributed by atoms with Crippen LogP contribution in [0.1, 0.15) is 12.6 Å². The lowest BCUT2D eigenvalue weighted by Gasteiger charge is -2.41. The first-order chi connectivity index (χ1) is 12.0. The van der Waals surface area contributed by atoms with Crippen LogP contribution in [0.2, 0.25) is 0 Å². The van der Waals surface area contributed by atoms with E-state index in [1.54, 1.807) is 12.4 Å². The van der Waals surface area contributed by atoms with Crippen molar-refractivity contribution >= 4 is 16.9 Å². The Morgan fingerprint density at radius 2 is 1.96 bits per heavy atom. The van der Waals surface area contributed by atoms with E-state index in [9.17, 15) is 0 Å². The van der Waals surface area contributed by atoms with E-state index in [0.717, 1.165) is 47.9 Å². The van der Waals surface area contributed by atoms with Crippen molar-refractivity contribution in [3.63, 3.8) is 0 Å². The summed E-state index contributed by atoms with van der Waals surface area (Å²) in [5.41, 5.74) is 2.90. The fourth-order valence-electron chi connectivity index (χ4n) is 3.41. The second-order valence-corrected chi connectivity index (χ2v) is 7.17. The van der Waals surface area contributed by atoms with Gasteiger partial charge in [-0.15, -0.1) is 0 Å². The quantitative estimate of drug-likeness (QED) is 0.726. The van der Waals surface area contributed by atoms with Crippen LogP contribution in [0, 0.1) is 12.3 Å². The van der Waals surface area contributed by atoms with Crippen LogP contribution < -0.4 is 4.90 Å². The third-order valence-electron chi connectivity index (χ3n) is 4.66. The largest absolute Gasteiger partial charge is 0.380 e. The minimum Gasteiger partial charge on any atom is -0.380 e. The zero-order chi connectivity index (χ0) is 17.6. The molecule has 0 bridgehead atoms. The van der Waals surface area contributed by atoms with Crippen LogP contribution in [0.4, 0.5) is 5.82 Å². The first-order valence-corrected chi connectivity index (χ1v) is 8.37. The van der Waals surface area contributed by atoms with E-state index in [0.29, 0.717) is 5.82 Å². The molecule has 1 saturated heterocycles. The summed E-state index contributed by atoms with van der Waals surface area (Å²) in [5, 5.41) is 5.56. The number of rotatable bonds is 4. The summed E-state index contributed by atoms with van der Waals surface area (Å²) in [7, 11) is 4.00. The molecule has 7 heteroatoms. The van der Waals surface area contributed by atoms with Gasteiger partial charge in [-0.25, -0.2) is 9.97 Å². The Balaban J connectivity index is 1.85. The lowest BCUT2D eigenvalue weighted by molar-refractivity contribution is -0.0951. The molecule has 0 amide bonds. The van der Waals surface area contributed by atoms with Gasteiger partial charge in [0.15, 0.2) is 11.5 Å². The molecular weight excluding hydrogens is 316 g/mol. The van der Waals surface area contributed by atoms with Gasteiger partial charge in [0.05, 0.1) is 24.3 Å². The number of pyridine rings is 1. The predicted molar refractivity (Wildman–Crippen MR) is 96.5 cm³/mol. The second kappa shape index (κ2) is 5.77. The van der Waals surface area contributed by atoms with Crippen molar-refractivity contribution in [2.24, 2.45) is 12.5 Å². The zero-order valence-corrected chi connectivity index (χ0v) is 15.0. The zero-order valence-electron chi connectivity index (χ0n) is 15.0. The molecule has 0 atom stereocenters. The van der Waals surface area contributed by atoms with E-state index in [1.807, 2.05) is 30.8 Å². The Morgan fingerprint density at radius 3 is 2.60 bits per heavy atom. The number of fused-ring (bicyclic) bond motifs is 1. The molecular formula is C18H22N6O. The highest BCUT2D eigenvalue weighted by Crippen LogP contribution is 2.33. The summed E-state index contributed by atoms with van der Waals surface area (Å²) in [6.07, 6.45) is 3.51. The van der Waals surface area contributed by atoms with E-state index >= 15 is 0 Å². The molecule has 1 aliphatic heterocycles. The van der Waals surface area contributed by atoms with Crippen LogP contribution in [0.25, 0.3) is 22.4 Å². The predicted octanol–water partition coefficient (Wildman–Crippen LogP) is 2.21. The number of hydrogen-bond acceptors (Lipinski definition) is 6. The Hall–Kier alpha value is -2.54. The Morgan fingerprint density at radius 1 is 1.24 bits per heavy atom. The monoisotopic (exact) mass is 338 g/mol. The fourth-order valence-corrected chi connectivity index (χ4v) is 3.41. The van der Waals surface area contributed by atoms with Crippen molar-refractivity contribution in [3.8, 4) is 11.4 Å². The number of nitrogens with zero attached hydrogens (tertiary/aromatic N) is 6. The standard InChI is InChI=1S/C18H22N6O/c1-12-14-16(23(3)9-18(2)10-25-11-18)20-15(13-5-7-19-8-6-13)21-17(14)24(4)22-12/h5-8H,9-11H2,1-4H3. The van der Waals surface area contributed by atoms with Gasteiger partial charge in [0.2, 0.25) is 0 Å². The number of aryl methyl sites for hydroxylation is 2. The molecule has 0 aliphatic carbocycles. The van der Waals surface area contributed by atoms with E-state index < -0.39 is 0 Å². The summed E-state index contributed by atoms with van der Waals surface area (Å²) in [6.45, 7) is 6.70. The molecule has 0 radical (unpaired) electrons. The van der Waals surface area contributed by atoms with E-state index in [4.69, 9.17) is 14.7 Å². The van der Waals surface area contributed by atoms with Crippen LogP contribution in [-0.2, 0) is 11.8 Å². The Labute approximate surface area is 146 Å². The third-order valence-corrected chi connectivity index (χ3v) is 4.66. The van der Waals surface area contributed by atoms with Crippen LogP contribution in [0.5, 0.6) is 0 Å². The number of aromatic nitrogens is 5. The summed E-state index contributed by atoms with van der Waals surface area (Å²) in [4.78, 5) is 15.9. The molecule has 130 valence electrons. The van der Waals surface area contributed by atoms with Gasteiger partial charge in [0.1, 0.15) is 5.82 Å². The van der Waals surface area contributed by atoms with Crippen molar-refractivity contribution < 1.29 is 4.74 Å². The van der Waals surface area contributed by atoms with Crippen molar-refractivity contribution in [2.45, 2.75) is 13.8 Å². The van der Waals surface area contributed by atoms with Gasteiger partial charge in [0.25, 0.3) is 0 Å². The highest BCUT2D eigenvalue weighted by atomic mass is 16.5. The van der Waals surface area contributed by atoms with Gasteiger partial charge < -0.3 is 9.64 Å². The first kappa shape index (κ1) is 16.0. The molecule has 3 aromatic rings. The molecule has 7 nitrogen and oxygen atoms in total. The summed E-state index contributed by atoms with van der Waals surface area (Å²) in [6, 6.07) is 3.85. The van der Waals surface area contributed by atoms with E-state index in [1.165, 1.54) is 0 Å². The number of anilines is 1. The Bertz CT molecular complexity index is 916. The molecule has 25 heavy (non-hydrogen) atoms. The molecule has 0 N–H and O–H groups in total. The van der Waals surface area contributed by atoms with Gasteiger partial charge >= 0.3 is 0 Å². The molecule has 3 aromatic heterocycles. The molecule has 1 fully saturated rings. The molecule has 4 rings (SSSR count). The van der Waals surface area contributed by atoms with Crippen LogP contribution in [0.15, 0.2) is 24.5 Å². The Kier molecular flexibility index (Phi) is 3.68. The summed E-state index contributed by atoms with van der Waals surface area (Å²) < 4.78 is 7.22. The van der Waals surface area contributed by atoms with Crippen molar-refractivity contribution in [2.75, 3.05) is 31.7 Å². The SMILES string of the molecule is Cc1nn(C)c2nc(-c3ccncc3)nc(N(C)CC3(C)COC3)c12. The van der Waals surface area contributed by atoms with Gasteiger partial charge in [-0.3, -0.25) is 9.67 Å². The highest BCUT2D eigenvalue weighted by molar-refractivity contribution is 5.91. The van der Waals surface area contributed by atoms with Crippen LogP contribution >= 0.6 is 0 Å². The summed E-state index contributed by atoms with van der Waals surface area (Å²) in [5.74, 6) is 1.60. The van der Waals surface area contributed by atoms with Gasteiger partial charge in [-0.05, 0) is 19.1 Å². The molecule has 1 aliphatic rings. The highest BCUT2D eigenvalue weighted by Gasteiger charge is 2.35. The van der Waals surface area contributed by atoms with E-state index in [-0.39, 0.29) is 5.41 Å². The molecule has 0 aromatic carbocycles. The second-order valence-electron chi connectivity index (χ2n) is 7.17. The molecule has 0 unspecified atom stereocenters. The minimum absolute atomic E-state index is 0.166. The fraction of sp³-hybridized carbons (Fsp3) is 0.444. The third kappa shape index (κ3) is 2.74. The number of hydrogen-bond donors (Lipinski definition) is 0. The normalized spacial score (nSPS) is 16.0. The lowest BCUT2D eigenvalue weighted by atomic mass is 9.88. The smallest absolute Gasteiger partial charge is 0.164 e. The maximum Gasteiger partial charge on any atom is 0.164 e. The summed E-state index contributed by atoms with van der Waals surface area (Å²) >= 11 is 0. The van der Waals surface area contributed by atoms with Crippen molar-refractivity contribution in [3.05, 3.63) is 30.2 Å². The van der Waals surface area contributed by atoms with Crippen LogP contribution in [-0.4, -0.2) is 51.5 Å². The van der Waals surface area contributed by atoms with Crippen molar-refractivity contribution in [1.82, 2.24) is 24.7 Å². The molecule has 4 heterocycles. The average Bonchev–Trinajstić information content (AvgIpc) is 2.88. The maximum absolute atomic E-state index is 5.40. The first-order valence-electron chi connectivity index (χ1n) is 8.37. The van der Waals surface area contributed by atoms with Crippen LogP contribution in [0.3, 0.4) is 0 Å². The van der Waals surface area contributed by atoms with Gasteiger partial charge in [-0.2, -0.15) is 5.10 Å². The molecule has 0 spiro atoms. The van der Waals surface area contributed by atoms with Gasteiger partial charge in [0, 0.05) is 44.0 Å². The average molecular weight is 338 g/mol. The lowest BCUT2D eigenvalue weighted by Crippen LogP contribution is -2.48. The van der Waals surface area contributed by atoms with Crippen molar-refractivity contribution in [1.29, 1.82) is 0 Å².